The van der Waals surface area contributed by atoms with E-state index in [2.05, 4.69) is 22.0 Å². The highest BCUT2D eigenvalue weighted by Gasteiger charge is 2.30. The van der Waals surface area contributed by atoms with E-state index in [1.165, 1.54) is 0 Å². The van der Waals surface area contributed by atoms with Crippen LogP contribution in [0, 0.1) is 19.8 Å². The van der Waals surface area contributed by atoms with Gasteiger partial charge in [0.15, 0.2) is 0 Å². The molecule has 0 bridgehead atoms. The Balaban J connectivity index is 1.65. The number of rotatable bonds is 4. The Morgan fingerprint density at radius 3 is 2.39 bits per heavy atom. The molecule has 2 aromatic rings. The van der Waals surface area contributed by atoms with Crippen LogP contribution in [0.2, 0.25) is 0 Å². The summed E-state index contributed by atoms with van der Waals surface area (Å²) >= 11 is 3.43. The minimum absolute atomic E-state index is 0.0277. The van der Waals surface area contributed by atoms with E-state index in [9.17, 15) is 9.59 Å². The minimum Gasteiger partial charge on any atom is -0.341 e. The monoisotopic (exact) mass is 442 g/mol. The van der Waals surface area contributed by atoms with Gasteiger partial charge in [-0.2, -0.15) is 0 Å². The van der Waals surface area contributed by atoms with Crippen molar-refractivity contribution >= 4 is 27.7 Å². The zero-order valence-corrected chi connectivity index (χ0v) is 18.3. The zero-order chi connectivity index (χ0) is 20.3. The van der Waals surface area contributed by atoms with Crippen LogP contribution in [0.4, 0.5) is 0 Å². The Bertz CT molecular complexity index is 843. The predicted molar refractivity (Wildman–Crippen MR) is 115 cm³/mol. The van der Waals surface area contributed by atoms with Crippen molar-refractivity contribution in [1.29, 1.82) is 0 Å². The van der Waals surface area contributed by atoms with E-state index in [0.717, 1.165) is 34.0 Å². The molecule has 148 valence electrons. The number of hydrogen-bond donors (Lipinski definition) is 0. The van der Waals surface area contributed by atoms with E-state index >= 15 is 0 Å². The number of hydrogen-bond acceptors (Lipinski definition) is 2. The summed E-state index contributed by atoms with van der Waals surface area (Å²) in [6, 6.07) is 13.9. The molecule has 1 unspecified atom stereocenters. The molecule has 1 aliphatic heterocycles. The molecule has 1 saturated heterocycles. The lowest BCUT2D eigenvalue weighted by Gasteiger charge is -2.34. The van der Waals surface area contributed by atoms with Crippen molar-refractivity contribution in [3.8, 4) is 0 Å². The van der Waals surface area contributed by atoms with Crippen LogP contribution in [0.5, 0.6) is 0 Å². The van der Waals surface area contributed by atoms with Crippen LogP contribution >= 0.6 is 15.9 Å². The van der Waals surface area contributed by atoms with Gasteiger partial charge in [0.25, 0.3) is 5.91 Å². The number of piperidine rings is 1. The molecule has 0 aliphatic carbocycles. The number of aryl methyl sites for hydroxylation is 2. The van der Waals surface area contributed by atoms with Gasteiger partial charge in [0.05, 0.1) is 5.92 Å². The zero-order valence-electron chi connectivity index (χ0n) is 16.7. The van der Waals surface area contributed by atoms with E-state index in [-0.39, 0.29) is 17.7 Å². The highest BCUT2D eigenvalue weighted by Crippen LogP contribution is 2.22. The van der Waals surface area contributed by atoms with E-state index in [0.29, 0.717) is 25.2 Å². The van der Waals surface area contributed by atoms with Gasteiger partial charge in [0.1, 0.15) is 0 Å². The molecule has 0 saturated carbocycles. The predicted octanol–water partition coefficient (Wildman–Crippen LogP) is 4.58. The van der Waals surface area contributed by atoms with Crippen molar-refractivity contribution < 1.29 is 9.59 Å². The fourth-order valence-electron chi connectivity index (χ4n) is 3.90. The maximum atomic E-state index is 13.0. The minimum atomic E-state index is -0.135. The molecule has 4 nitrogen and oxygen atoms in total. The third-order valence-corrected chi connectivity index (χ3v) is 5.76. The molecule has 1 heterocycles. The van der Waals surface area contributed by atoms with Crippen LogP contribution in [0.25, 0.3) is 0 Å². The largest absolute Gasteiger partial charge is 0.341 e. The Kier molecular flexibility index (Phi) is 6.55. The molecule has 0 aromatic heterocycles. The summed E-state index contributed by atoms with van der Waals surface area (Å²) in [7, 11) is 1.84. The summed E-state index contributed by atoms with van der Waals surface area (Å²) in [6.45, 7) is 5.79. The van der Waals surface area contributed by atoms with Gasteiger partial charge in [0.2, 0.25) is 5.91 Å². The highest BCUT2D eigenvalue weighted by atomic mass is 79.9. The van der Waals surface area contributed by atoms with Gasteiger partial charge in [-0.25, -0.2) is 0 Å². The molecule has 2 aromatic carbocycles. The normalized spacial score (nSPS) is 16.7. The summed E-state index contributed by atoms with van der Waals surface area (Å²) in [5, 5.41) is 0. The van der Waals surface area contributed by atoms with Crippen molar-refractivity contribution in [2.24, 2.45) is 5.92 Å². The van der Waals surface area contributed by atoms with Gasteiger partial charge in [-0.3, -0.25) is 9.59 Å². The van der Waals surface area contributed by atoms with Gasteiger partial charge in [-0.1, -0.05) is 45.3 Å². The van der Waals surface area contributed by atoms with Gasteiger partial charge in [-0.05, 0) is 56.5 Å². The Morgan fingerprint density at radius 1 is 1.11 bits per heavy atom. The molecule has 0 N–H and O–H groups in total. The molecular formula is C23H27BrN2O2. The average molecular weight is 443 g/mol. The lowest BCUT2D eigenvalue weighted by Crippen LogP contribution is -2.45. The molecule has 28 heavy (non-hydrogen) atoms. The topological polar surface area (TPSA) is 40.6 Å². The molecule has 0 radical (unpaired) electrons. The van der Waals surface area contributed by atoms with Crippen molar-refractivity contribution in [2.75, 3.05) is 20.1 Å². The van der Waals surface area contributed by atoms with Crippen LogP contribution in [0.3, 0.4) is 0 Å². The first-order valence-electron chi connectivity index (χ1n) is 9.70. The third kappa shape index (κ3) is 5.02. The molecule has 1 aliphatic rings. The van der Waals surface area contributed by atoms with Crippen molar-refractivity contribution in [3.63, 3.8) is 0 Å². The van der Waals surface area contributed by atoms with E-state index in [1.54, 1.807) is 4.90 Å². The van der Waals surface area contributed by atoms with Crippen molar-refractivity contribution in [2.45, 2.75) is 33.2 Å². The molecular weight excluding hydrogens is 416 g/mol. The molecule has 3 rings (SSSR count). The van der Waals surface area contributed by atoms with Crippen molar-refractivity contribution in [3.05, 3.63) is 69.2 Å². The Labute approximate surface area is 175 Å². The molecule has 1 atom stereocenters. The number of amides is 2. The van der Waals surface area contributed by atoms with Gasteiger partial charge in [-0.15, -0.1) is 0 Å². The molecule has 5 heteroatoms. The lowest BCUT2D eigenvalue weighted by molar-refractivity contribution is -0.136. The number of likely N-dealkylation sites (tertiary alicyclic amines) is 1. The number of carbonyl (C=O) groups is 2. The molecule has 2 amide bonds. The first kappa shape index (κ1) is 20.6. The van der Waals surface area contributed by atoms with Gasteiger partial charge < -0.3 is 9.80 Å². The maximum absolute atomic E-state index is 13.0. The highest BCUT2D eigenvalue weighted by molar-refractivity contribution is 9.10. The fraction of sp³-hybridized carbons (Fsp3) is 0.391. The van der Waals surface area contributed by atoms with E-state index in [4.69, 9.17) is 0 Å². The summed E-state index contributed by atoms with van der Waals surface area (Å²) in [4.78, 5) is 29.5. The number of benzene rings is 2. The lowest BCUT2D eigenvalue weighted by atomic mass is 9.95. The van der Waals surface area contributed by atoms with Crippen molar-refractivity contribution in [1.82, 2.24) is 9.80 Å². The van der Waals surface area contributed by atoms with Gasteiger partial charge in [0, 0.05) is 36.7 Å². The van der Waals surface area contributed by atoms with Crippen LogP contribution in [-0.2, 0) is 11.3 Å². The number of nitrogens with zero attached hydrogens (tertiary/aromatic N) is 2. The number of halogens is 1. The summed E-state index contributed by atoms with van der Waals surface area (Å²) in [6.07, 6.45) is 1.69. The first-order chi connectivity index (χ1) is 13.3. The second-order valence-corrected chi connectivity index (χ2v) is 8.70. The van der Waals surface area contributed by atoms with Crippen LogP contribution < -0.4 is 0 Å². The van der Waals surface area contributed by atoms with Crippen LogP contribution in [0.15, 0.2) is 46.9 Å². The Morgan fingerprint density at radius 2 is 1.75 bits per heavy atom. The average Bonchev–Trinajstić information content (AvgIpc) is 2.68. The molecule has 1 fully saturated rings. The maximum Gasteiger partial charge on any atom is 0.253 e. The third-order valence-electron chi connectivity index (χ3n) is 5.24. The standard InChI is InChI=1S/C23H27BrN2O2/c1-16-11-17(2)13-20(12-16)23(28)26-10-4-5-19(15-26)22(27)25(3)14-18-6-8-21(24)9-7-18/h6-9,11-13,19H,4-5,10,14-15H2,1-3H3. The quantitative estimate of drug-likeness (QED) is 0.695. The first-order valence-corrected chi connectivity index (χ1v) is 10.5. The second-order valence-electron chi connectivity index (χ2n) is 7.79. The Hall–Kier alpha value is -2.14. The number of carbonyl (C=O) groups excluding carboxylic acids is 2. The second kappa shape index (κ2) is 8.91. The van der Waals surface area contributed by atoms with Crippen LogP contribution in [0.1, 0.15) is 39.9 Å². The summed E-state index contributed by atoms with van der Waals surface area (Å²) in [5.41, 5.74) is 3.98. The van der Waals surface area contributed by atoms with Gasteiger partial charge >= 0.3 is 0 Å². The smallest absolute Gasteiger partial charge is 0.253 e. The van der Waals surface area contributed by atoms with E-state index < -0.39 is 0 Å². The molecule has 0 spiro atoms. The van der Waals surface area contributed by atoms with Crippen LogP contribution in [-0.4, -0.2) is 41.8 Å². The summed E-state index contributed by atoms with van der Waals surface area (Å²) in [5.74, 6) is 0.00441. The fourth-order valence-corrected chi connectivity index (χ4v) is 4.16. The SMILES string of the molecule is Cc1cc(C)cc(C(=O)N2CCCC(C(=O)N(C)Cc3ccc(Br)cc3)C2)c1. The summed E-state index contributed by atoms with van der Waals surface area (Å²) < 4.78 is 1.03. The van der Waals surface area contributed by atoms with E-state index in [1.807, 2.05) is 62.2 Å².